The first kappa shape index (κ1) is 16.8. The Morgan fingerprint density at radius 2 is 1.96 bits per heavy atom. The molecule has 2 atom stereocenters. The van der Waals surface area contributed by atoms with E-state index in [0.717, 1.165) is 25.9 Å². The molecule has 1 aromatic rings. The molecule has 0 unspecified atom stereocenters. The summed E-state index contributed by atoms with van der Waals surface area (Å²) < 4.78 is 46.6. The van der Waals surface area contributed by atoms with Crippen LogP contribution in [0.4, 0.5) is 4.39 Å². The number of sulfonamides is 1. The normalized spacial score (nSPS) is 26.9. The van der Waals surface area contributed by atoms with Gasteiger partial charge in [0.15, 0.2) is 0 Å². The number of hydrogen-bond donors (Lipinski definition) is 0. The highest BCUT2D eigenvalue weighted by Gasteiger charge is 2.42. The third-order valence-electron chi connectivity index (χ3n) is 4.75. The molecule has 0 amide bonds. The largest absolute Gasteiger partial charge is 0.380 e. The highest BCUT2D eigenvalue weighted by Crippen LogP contribution is 2.29. The van der Waals surface area contributed by atoms with Gasteiger partial charge >= 0.3 is 0 Å². The molecule has 2 heterocycles. The Labute approximate surface area is 137 Å². The summed E-state index contributed by atoms with van der Waals surface area (Å²) in [6.07, 6.45) is 2.82. The molecule has 7 heteroatoms. The van der Waals surface area contributed by atoms with Crippen LogP contribution in [0.5, 0.6) is 0 Å². The molecule has 2 saturated heterocycles. The summed E-state index contributed by atoms with van der Waals surface area (Å²) in [5.74, 6) is -0.701. The molecule has 0 saturated carbocycles. The maximum absolute atomic E-state index is 14.0. The number of nitrogens with zero attached hydrogens (tertiary/aromatic N) is 2. The van der Waals surface area contributed by atoms with Crippen molar-refractivity contribution in [3.8, 4) is 0 Å². The molecule has 1 aromatic carbocycles. The zero-order valence-corrected chi connectivity index (χ0v) is 14.1. The van der Waals surface area contributed by atoms with Gasteiger partial charge in [0.05, 0.1) is 6.10 Å². The number of hydrogen-bond acceptors (Lipinski definition) is 4. The number of methoxy groups -OCH3 is 1. The molecule has 0 aliphatic carbocycles. The first-order valence-electron chi connectivity index (χ1n) is 8.04. The minimum Gasteiger partial charge on any atom is -0.380 e. The first-order chi connectivity index (χ1) is 11.0. The lowest BCUT2D eigenvalue weighted by Crippen LogP contribution is -2.42. The number of rotatable bonds is 5. The predicted molar refractivity (Wildman–Crippen MR) is 85.2 cm³/mol. The molecular weight excluding hydrogens is 319 g/mol. The van der Waals surface area contributed by atoms with Crippen molar-refractivity contribution < 1.29 is 17.5 Å². The SMILES string of the molecule is CO[C@H]1C[C@@H](CN2CCCC2)N(S(=O)(=O)c2ccccc2F)C1. The van der Waals surface area contributed by atoms with Crippen molar-refractivity contribution in [2.24, 2.45) is 0 Å². The molecule has 0 N–H and O–H groups in total. The summed E-state index contributed by atoms with van der Waals surface area (Å²) >= 11 is 0. The van der Waals surface area contributed by atoms with Gasteiger partial charge < -0.3 is 9.64 Å². The molecule has 2 fully saturated rings. The van der Waals surface area contributed by atoms with Crippen LogP contribution in [0, 0.1) is 5.82 Å². The van der Waals surface area contributed by atoms with Gasteiger partial charge in [0, 0.05) is 26.2 Å². The van der Waals surface area contributed by atoms with Gasteiger partial charge in [-0.1, -0.05) is 12.1 Å². The van der Waals surface area contributed by atoms with Crippen LogP contribution in [0.2, 0.25) is 0 Å². The Bertz CT molecular complexity index is 646. The second-order valence-corrected chi connectivity index (χ2v) is 8.12. The zero-order chi connectivity index (χ0) is 16.4. The molecule has 0 spiro atoms. The van der Waals surface area contributed by atoms with Gasteiger partial charge in [-0.05, 0) is 44.5 Å². The third-order valence-corrected chi connectivity index (χ3v) is 6.70. The molecule has 3 rings (SSSR count). The van der Waals surface area contributed by atoms with Crippen LogP contribution in [-0.4, -0.2) is 63.1 Å². The van der Waals surface area contributed by atoms with Crippen molar-refractivity contribution in [1.82, 2.24) is 9.21 Å². The van der Waals surface area contributed by atoms with Crippen molar-refractivity contribution in [2.75, 3.05) is 33.3 Å². The van der Waals surface area contributed by atoms with E-state index in [2.05, 4.69) is 4.90 Å². The molecular formula is C16H23FN2O3S. The lowest BCUT2D eigenvalue weighted by molar-refractivity contribution is 0.113. The van der Waals surface area contributed by atoms with E-state index in [-0.39, 0.29) is 23.6 Å². The maximum Gasteiger partial charge on any atom is 0.246 e. The van der Waals surface area contributed by atoms with Gasteiger partial charge in [0.2, 0.25) is 10.0 Å². The van der Waals surface area contributed by atoms with Crippen LogP contribution in [0.1, 0.15) is 19.3 Å². The van der Waals surface area contributed by atoms with Crippen LogP contribution in [0.3, 0.4) is 0 Å². The molecule has 2 aliphatic heterocycles. The number of halogens is 1. The summed E-state index contributed by atoms with van der Waals surface area (Å²) in [4.78, 5) is 2.04. The van der Waals surface area contributed by atoms with E-state index in [9.17, 15) is 12.8 Å². The van der Waals surface area contributed by atoms with Crippen LogP contribution in [0.15, 0.2) is 29.2 Å². The summed E-state index contributed by atoms with van der Waals surface area (Å²) in [7, 11) is -2.26. The van der Waals surface area contributed by atoms with Crippen molar-refractivity contribution in [2.45, 2.75) is 36.3 Å². The van der Waals surface area contributed by atoms with Gasteiger partial charge in [-0.15, -0.1) is 0 Å². The van der Waals surface area contributed by atoms with E-state index >= 15 is 0 Å². The van der Waals surface area contributed by atoms with E-state index in [1.54, 1.807) is 13.2 Å². The molecule has 0 aromatic heterocycles. The molecule has 0 bridgehead atoms. The lowest BCUT2D eigenvalue weighted by Gasteiger charge is -2.27. The minimum atomic E-state index is -3.85. The topological polar surface area (TPSA) is 49.9 Å². The monoisotopic (exact) mass is 342 g/mol. The van der Waals surface area contributed by atoms with E-state index in [0.29, 0.717) is 13.0 Å². The Morgan fingerprint density at radius 3 is 2.61 bits per heavy atom. The third kappa shape index (κ3) is 3.42. The van der Waals surface area contributed by atoms with Crippen molar-refractivity contribution in [3.63, 3.8) is 0 Å². The second-order valence-electron chi connectivity index (χ2n) is 6.26. The van der Waals surface area contributed by atoms with Gasteiger partial charge in [0.25, 0.3) is 0 Å². The number of ether oxygens (including phenoxy) is 1. The van der Waals surface area contributed by atoms with Crippen LogP contribution in [-0.2, 0) is 14.8 Å². The lowest BCUT2D eigenvalue weighted by atomic mass is 10.2. The Kier molecular flexibility index (Phi) is 5.01. The van der Waals surface area contributed by atoms with E-state index < -0.39 is 15.8 Å². The van der Waals surface area contributed by atoms with Crippen LogP contribution < -0.4 is 0 Å². The quantitative estimate of drug-likeness (QED) is 0.817. The standard InChI is InChI=1S/C16H23FN2O3S/c1-22-14-10-13(11-18-8-4-5-9-18)19(12-14)23(20,21)16-7-3-2-6-15(16)17/h2-3,6-7,13-14H,4-5,8-12H2,1H3/t13-,14-/m0/s1. The zero-order valence-electron chi connectivity index (χ0n) is 13.3. The van der Waals surface area contributed by atoms with E-state index in [1.807, 2.05) is 0 Å². The minimum absolute atomic E-state index is 0.135. The van der Waals surface area contributed by atoms with Gasteiger partial charge in [-0.25, -0.2) is 12.8 Å². The van der Waals surface area contributed by atoms with Gasteiger partial charge in [-0.3, -0.25) is 0 Å². The fraction of sp³-hybridized carbons (Fsp3) is 0.625. The van der Waals surface area contributed by atoms with Gasteiger partial charge in [-0.2, -0.15) is 4.31 Å². The number of benzene rings is 1. The molecule has 0 radical (unpaired) electrons. The molecule has 2 aliphatic rings. The maximum atomic E-state index is 14.0. The molecule has 5 nitrogen and oxygen atoms in total. The van der Waals surface area contributed by atoms with E-state index in [4.69, 9.17) is 4.74 Å². The smallest absolute Gasteiger partial charge is 0.246 e. The van der Waals surface area contributed by atoms with Crippen molar-refractivity contribution >= 4 is 10.0 Å². The molecule has 128 valence electrons. The van der Waals surface area contributed by atoms with Crippen molar-refractivity contribution in [1.29, 1.82) is 0 Å². The summed E-state index contributed by atoms with van der Waals surface area (Å²) in [5, 5.41) is 0. The van der Waals surface area contributed by atoms with E-state index in [1.165, 1.54) is 22.5 Å². The Hall–Kier alpha value is -1.02. The summed E-state index contributed by atoms with van der Waals surface area (Å²) in [6.45, 7) is 2.97. The van der Waals surface area contributed by atoms with Crippen molar-refractivity contribution in [3.05, 3.63) is 30.1 Å². The highest BCUT2D eigenvalue weighted by molar-refractivity contribution is 7.89. The fourth-order valence-electron chi connectivity index (χ4n) is 3.52. The Morgan fingerprint density at radius 1 is 1.26 bits per heavy atom. The average Bonchev–Trinajstić information content (AvgIpc) is 3.17. The van der Waals surface area contributed by atoms with Crippen LogP contribution in [0.25, 0.3) is 0 Å². The highest BCUT2D eigenvalue weighted by atomic mass is 32.2. The summed E-state index contributed by atoms with van der Waals surface area (Å²) in [5.41, 5.74) is 0. The average molecular weight is 342 g/mol. The predicted octanol–water partition coefficient (Wildman–Crippen LogP) is 1.70. The first-order valence-corrected chi connectivity index (χ1v) is 9.48. The fourth-order valence-corrected chi connectivity index (χ4v) is 5.24. The molecule has 23 heavy (non-hydrogen) atoms. The summed E-state index contributed by atoms with van der Waals surface area (Å²) in [6, 6.07) is 5.40. The van der Waals surface area contributed by atoms with Gasteiger partial charge in [0.1, 0.15) is 10.7 Å². The van der Waals surface area contributed by atoms with Crippen LogP contribution >= 0.6 is 0 Å². The second kappa shape index (κ2) is 6.84. The number of likely N-dealkylation sites (tertiary alicyclic amines) is 1. The Balaban J connectivity index is 1.86.